The summed E-state index contributed by atoms with van der Waals surface area (Å²) in [6.07, 6.45) is 1.01. The summed E-state index contributed by atoms with van der Waals surface area (Å²) >= 11 is 0. The van der Waals surface area contributed by atoms with E-state index in [-0.39, 0.29) is 12.0 Å². The lowest BCUT2D eigenvalue weighted by Crippen LogP contribution is -2.27. The van der Waals surface area contributed by atoms with Crippen molar-refractivity contribution in [2.75, 3.05) is 0 Å². The van der Waals surface area contributed by atoms with Crippen molar-refractivity contribution < 1.29 is 14.4 Å². The summed E-state index contributed by atoms with van der Waals surface area (Å²) in [5.74, 6) is 0.694. The number of ether oxygens (including phenoxy) is 1. The molecule has 23 heavy (non-hydrogen) atoms. The zero-order valence-electron chi connectivity index (χ0n) is 13.6. The number of nitrogens with one attached hydrogen (secondary N) is 1. The lowest BCUT2D eigenvalue weighted by Gasteiger charge is -2.10. The van der Waals surface area contributed by atoms with Crippen LogP contribution in [0.1, 0.15) is 31.4 Å². The molecule has 4 heteroatoms. The Kier molecular flexibility index (Phi) is 6.63. The van der Waals surface area contributed by atoms with E-state index in [1.807, 2.05) is 68.4 Å². The SMILES string of the molecule is CC(C)ONC(=O)CCc1cccc(OCc2ccccc2)c1. The third kappa shape index (κ3) is 6.53. The van der Waals surface area contributed by atoms with Crippen LogP contribution in [0.4, 0.5) is 0 Å². The number of hydroxylamine groups is 1. The third-order valence-corrected chi connectivity index (χ3v) is 3.20. The number of amides is 1. The molecule has 0 radical (unpaired) electrons. The van der Waals surface area contributed by atoms with Gasteiger partial charge in [0, 0.05) is 6.42 Å². The van der Waals surface area contributed by atoms with Gasteiger partial charge in [-0.2, -0.15) is 0 Å². The van der Waals surface area contributed by atoms with Gasteiger partial charge in [0.15, 0.2) is 0 Å². The highest BCUT2D eigenvalue weighted by Crippen LogP contribution is 2.16. The van der Waals surface area contributed by atoms with E-state index in [1.165, 1.54) is 0 Å². The van der Waals surface area contributed by atoms with E-state index in [0.29, 0.717) is 19.4 Å². The molecule has 4 nitrogen and oxygen atoms in total. The first-order chi connectivity index (χ1) is 11.1. The molecule has 0 aliphatic heterocycles. The molecule has 0 heterocycles. The van der Waals surface area contributed by atoms with E-state index in [1.54, 1.807) is 0 Å². The second kappa shape index (κ2) is 8.96. The van der Waals surface area contributed by atoms with Crippen LogP contribution in [0.2, 0.25) is 0 Å². The van der Waals surface area contributed by atoms with Gasteiger partial charge in [-0.1, -0.05) is 42.5 Å². The van der Waals surface area contributed by atoms with Crippen molar-refractivity contribution in [3.63, 3.8) is 0 Å². The van der Waals surface area contributed by atoms with Crippen molar-refractivity contribution in [1.29, 1.82) is 0 Å². The summed E-state index contributed by atoms with van der Waals surface area (Å²) in [6.45, 7) is 4.27. The first-order valence-electron chi connectivity index (χ1n) is 7.83. The van der Waals surface area contributed by atoms with Crippen LogP contribution >= 0.6 is 0 Å². The molecule has 0 aliphatic rings. The molecule has 2 aromatic rings. The summed E-state index contributed by atoms with van der Waals surface area (Å²) in [7, 11) is 0. The lowest BCUT2D eigenvalue weighted by atomic mass is 10.1. The molecule has 0 unspecified atom stereocenters. The van der Waals surface area contributed by atoms with Crippen molar-refractivity contribution in [1.82, 2.24) is 5.48 Å². The third-order valence-electron chi connectivity index (χ3n) is 3.20. The van der Waals surface area contributed by atoms with Gasteiger partial charge in [0.2, 0.25) is 5.91 Å². The first-order valence-corrected chi connectivity index (χ1v) is 7.83. The maximum Gasteiger partial charge on any atom is 0.243 e. The number of benzene rings is 2. The molecule has 122 valence electrons. The topological polar surface area (TPSA) is 47.6 Å². The molecule has 0 atom stereocenters. The van der Waals surface area contributed by atoms with Crippen molar-refractivity contribution in [2.45, 2.75) is 39.4 Å². The summed E-state index contributed by atoms with van der Waals surface area (Å²) in [6, 6.07) is 17.9. The van der Waals surface area contributed by atoms with E-state index in [0.717, 1.165) is 16.9 Å². The summed E-state index contributed by atoms with van der Waals surface area (Å²) < 4.78 is 5.79. The van der Waals surface area contributed by atoms with Crippen LogP contribution in [0.25, 0.3) is 0 Å². The van der Waals surface area contributed by atoms with Crippen LogP contribution in [0.15, 0.2) is 54.6 Å². The van der Waals surface area contributed by atoms with Gasteiger partial charge >= 0.3 is 0 Å². The minimum Gasteiger partial charge on any atom is -0.489 e. The largest absolute Gasteiger partial charge is 0.489 e. The highest BCUT2D eigenvalue weighted by molar-refractivity contribution is 5.75. The maximum atomic E-state index is 11.6. The van der Waals surface area contributed by atoms with Crippen LogP contribution in [0, 0.1) is 0 Å². The van der Waals surface area contributed by atoms with Gasteiger partial charge in [-0.15, -0.1) is 0 Å². The molecule has 0 bridgehead atoms. The Labute approximate surface area is 137 Å². The Morgan fingerprint density at radius 2 is 1.78 bits per heavy atom. The zero-order valence-corrected chi connectivity index (χ0v) is 13.6. The maximum absolute atomic E-state index is 11.6. The number of hydrogen-bond donors (Lipinski definition) is 1. The van der Waals surface area contributed by atoms with Crippen LogP contribution in [-0.4, -0.2) is 12.0 Å². The summed E-state index contributed by atoms with van der Waals surface area (Å²) in [5, 5.41) is 0. The average Bonchev–Trinajstić information content (AvgIpc) is 2.57. The molecule has 0 fully saturated rings. The van der Waals surface area contributed by atoms with Gasteiger partial charge in [-0.25, -0.2) is 5.48 Å². The second-order valence-corrected chi connectivity index (χ2v) is 5.61. The quantitative estimate of drug-likeness (QED) is 0.757. The van der Waals surface area contributed by atoms with E-state index < -0.39 is 0 Å². The molecule has 0 spiro atoms. The van der Waals surface area contributed by atoms with Gasteiger partial charge in [0.25, 0.3) is 0 Å². The fourth-order valence-corrected chi connectivity index (χ4v) is 2.02. The molecule has 2 aromatic carbocycles. The Morgan fingerprint density at radius 1 is 1.04 bits per heavy atom. The number of hydrogen-bond acceptors (Lipinski definition) is 3. The first kappa shape index (κ1) is 17.0. The van der Waals surface area contributed by atoms with Gasteiger partial charge in [0.1, 0.15) is 12.4 Å². The van der Waals surface area contributed by atoms with Crippen LogP contribution in [0.5, 0.6) is 5.75 Å². The van der Waals surface area contributed by atoms with E-state index in [4.69, 9.17) is 9.57 Å². The van der Waals surface area contributed by atoms with Crippen molar-refractivity contribution >= 4 is 5.91 Å². The smallest absolute Gasteiger partial charge is 0.243 e. The Bertz CT molecular complexity index is 611. The second-order valence-electron chi connectivity index (χ2n) is 5.61. The van der Waals surface area contributed by atoms with Crippen LogP contribution in [0.3, 0.4) is 0 Å². The van der Waals surface area contributed by atoms with E-state index in [2.05, 4.69) is 5.48 Å². The molecule has 0 saturated heterocycles. The molecule has 2 rings (SSSR count). The lowest BCUT2D eigenvalue weighted by molar-refractivity contribution is -0.136. The Morgan fingerprint density at radius 3 is 2.52 bits per heavy atom. The standard InChI is InChI=1S/C19H23NO3/c1-15(2)23-20-19(21)12-11-16-9-6-10-18(13-16)22-14-17-7-4-3-5-8-17/h3-10,13,15H,11-12,14H2,1-2H3,(H,20,21). The van der Waals surface area contributed by atoms with Crippen molar-refractivity contribution in [2.24, 2.45) is 0 Å². The number of rotatable bonds is 8. The van der Waals surface area contributed by atoms with Crippen LogP contribution in [-0.2, 0) is 22.7 Å². The van der Waals surface area contributed by atoms with E-state index in [9.17, 15) is 4.79 Å². The zero-order chi connectivity index (χ0) is 16.5. The average molecular weight is 313 g/mol. The number of carbonyl (C=O) groups excluding carboxylic acids is 1. The number of aryl methyl sites for hydroxylation is 1. The fraction of sp³-hybridized carbons (Fsp3) is 0.316. The fourth-order valence-electron chi connectivity index (χ4n) is 2.02. The predicted molar refractivity (Wildman–Crippen MR) is 89.9 cm³/mol. The summed E-state index contributed by atoms with van der Waals surface area (Å²) in [4.78, 5) is 16.7. The van der Waals surface area contributed by atoms with Crippen molar-refractivity contribution in [3.05, 3.63) is 65.7 Å². The molecule has 1 N–H and O–H groups in total. The molecule has 0 aliphatic carbocycles. The van der Waals surface area contributed by atoms with Gasteiger partial charge in [-0.05, 0) is 43.5 Å². The number of carbonyl (C=O) groups is 1. The Balaban J connectivity index is 1.81. The predicted octanol–water partition coefficient (Wildman–Crippen LogP) is 3.65. The van der Waals surface area contributed by atoms with Gasteiger partial charge < -0.3 is 4.74 Å². The summed E-state index contributed by atoms with van der Waals surface area (Å²) in [5.41, 5.74) is 4.64. The van der Waals surface area contributed by atoms with Gasteiger partial charge in [-0.3, -0.25) is 9.63 Å². The van der Waals surface area contributed by atoms with Crippen LogP contribution < -0.4 is 10.2 Å². The highest BCUT2D eigenvalue weighted by Gasteiger charge is 2.04. The monoisotopic (exact) mass is 313 g/mol. The molecular formula is C19H23NO3. The molecule has 1 amide bonds. The highest BCUT2D eigenvalue weighted by atomic mass is 16.7. The minimum absolute atomic E-state index is 0.0198. The minimum atomic E-state index is -0.116. The molecular weight excluding hydrogens is 290 g/mol. The normalized spacial score (nSPS) is 10.6. The van der Waals surface area contributed by atoms with E-state index >= 15 is 0 Å². The Hall–Kier alpha value is -2.33. The molecule has 0 saturated carbocycles. The van der Waals surface area contributed by atoms with Crippen molar-refractivity contribution in [3.8, 4) is 5.75 Å². The van der Waals surface area contributed by atoms with Gasteiger partial charge in [0.05, 0.1) is 6.10 Å². The molecule has 0 aromatic heterocycles.